The van der Waals surface area contributed by atoms with Crippen molar-refractivity contribution < 1.29 is 9.59 Å². The monoisotopic (exact) mass is 389 g/mol. The van der Waals surface area contributed by atoms with E-state index in [1.807, 2.05) is 12.1 Å². The van der Waals surface area contributed by atoms with Crippen molar-refractivity contribution in [3.8, 4) is 0 Å². The molecule has 2 aromatic rings. The van der Waals surface area contributed by atoms with Gasteiger partial charge >= 0.3 is 0 Å². The molecule has 1 heterocycles. The van der Waals surface area contributed by atoms with E-state index < -0.39 is 0 Å². The molecule has 0 aliphatic rings. The number of hydrogen-bond acceptors (Lipinski definition) is 3. The first kappa shape index (κ1) is 18.1. The molecule has 0 fully saturated rings. The molecular weight excluding hydrogens is 370 g/mol. The molecule has 0 unspecified atom stereocenters. The van der Waals surface area contributed by atoms with E-state index in [9.17, 15) is 9.59 Å². The highest BCUT2D eigenvalue weighted by Crippen LogP contribution is 2.15. The molecule has 0 bridgehead atoms. The summed E-state index contributed by atoms with van der Waals surface area (Å²) < 4.78 is 0.937. The molecule has 126 valence electrons. The number of halogens is 1. The summed E-state index contributed by atoms with van der Waals surface area (Å²) in [5.74, 6) is -0.538. The molecular formula is C18H20BrN3O2. The fraction of sp³-hybridized carbons (Fsp3) is 0.278. The number of nitrogens with zero attached hydrogens (tertiary/aromatic N) is 1. The van der Waals surface area contributed by atoms with Gasteiger partial charge in [-0.15, -0.1) is 0 Å². The van der Waals surface area contributed by atoms with E-state index >= 15 is 0 Å². The zero-order valence-electron chi connectivity index (χ0n) is 13.5. The van der Waals surface area contributed by atoms with Gasteiger partial charge in [-0.3, -0.25) is 14.6 Å². The Bertz CT molecular complexity index is 702. The SMILES string of the molecule is CCCCCNC(=O)c1cc(C(=O)Nc2ccc(Br)cc2)ccn1. The maximum atomic E-state index is 12.3. The van der Waals surface area contributed by atoms with Crippen molar-refractivity contribution >= 4 is 33.4 Å². The van der Waals surface area contributed by atoms with Crippen LogP contribution in [0, 0.1) is 0 Å². The summed E-state index contributed by atoms with van der Waals surface area (Å²) in [5.41, 5.74) is 1.33. The highest BCUT2D eigenvalue weighted by Gasteiger charge is 2.11. The van der Waals surface area contributed by atoms with Crippen LogP contribution in [0.1, 0.15) is 47.0 Å². The molecule has 0 aliphatic heterocycles. The van der Waals surface area contributed by atoms with Crippen LogP contribution < -0.4 is 10.6 Å². The Labute approximate surface area is 150 Å². The fourth-order valence-electron chi connectivity index (χ4n) is 2.10. The number of carbonyl (C=O) groups excluding carboxylic acids is 2. The summed E-state index contributed by atoms with van der Waals surface area (Å²) in [6.45, 7) is 2.72. The Morgan fingerprint density at radius 1 is 1.08 bits per heavy atom. The number of benzene rings is 1. The molecule has 0 saturated carbocycles. The van der Waals surface area contributed by atoms with Crippen LogP contribution in [0.25, 0.3) is 0 Å². The third-order valence-electron chi connectivity index (χ3n) is 3.42. The summed E-state index contributed by atoms with van der Waals surface area (Å²) in [6, 6.07) is 10.4. The first-order valence-corrected chi connectivity index (χ1v) is 8.70. The van der Waals surface area contributed by atoms with E-state index in [0.29, 0.717) is 17.8 Å². The maximum Gasteiger partial charge on any atom is 0.269 e. The van der Waals surface area contributed by atoms with E-state index in [4.69, 9.17) is 0 Å². The zero-order chi connectivity index (χ0) is 17.4. The van der Waals surface area contributed by atoms with Crippen LogP contribution >= 0.6 is 15.9 Å². The van der Waals surface area contributed by atoms with Gasteiger partial charge in [0.1, 0.15) is 5.69 Å². The predicted octanol–water partition coefficient (Wildman–Crippen LogP) is 4.02. The van der Waals surface area contributed by atoms with Crippen molar-refractivity contribution in [3.63, 3.8) is 0 Å². The summed E-state index contributed by atoms with van der Waals surface area (Å²) in [7, 11) is 0. The summed E-state index contributed by atoms with van der Waals surface area (Å²) in [4.78, 5) is 28.4. The van der Waals surface area contributed by atoms with Gasteiger partial charge < -0.3 is 10.6 Å². The normalized spacial score (nSPS) is 10.2. The Morgan fingerprint density at radius 2 is 1.83 bits per heavy atom. The lowest BCUT2D eigenvalue weighted by atomic mass is 10.2. The first-order chi connectivity index (χ1) is 11.6. The van der Waals surface area contributed by atoms with Gasteiger partial charge in [-0.2, -0.15) is 0 Å². The fourth-order valence-corrected chi connectivity index (χ4v) is 2.36. The predicted molar refractivity (Wildman–Crippen MR) is 98.2 cm³/mol. The molecule has 2 N–H and O–H groups in total. The van der Waals surface area contributed by atoms with Crippen LogP contribution in [0.2, 0.25) is 0 Å². The van der Waals surface area contributed by atoms with Crippen molar-refractivity contribution in [2.24, 2.45) is 0 Å². The minimum absolute atomic E-state index is 0.245. The van der Waals surface area contributed by atoms with Crippen LogP contribution in [-0.2, 0) is 0 Å². The second kappa shape index (κ2) is 9.17. The molecule has 1 aromatic heterocycles. The highest BCUT2D eigenvalue weighted by molar-refractivity contribution is 9.10. The standard InChI is InChI=1S/C18H20BrN3O2/c1-2-3-4-10-21-18(24)16-12-13(9-11-20-16)17(23)22-15-7-5-14(19)6-8-15/h5-9,11-12H,2-4,10H2,1H3,(H,21,24)(H,22,23). The molecule has 1 aromatic carbocycles. The molecule has 0 aliphatic carbocycles. The summed E-state index contributed by atoms with van der Waals surface area (Å²) in [5, 5.41) is 5.61. The Hall–Kier alpha value is -2.21. The van der Waals surface area contributed by atoms with E-state index in [1.54, 1.807) is 18.2 Å². The lowest BCUT2D eigenvalue weighted by molar-refractivity contribution is 0.0948. The number of aromatic nitrogens is 1. The number of nitrogens with one attached hydrogen (secondary N) is 2. The summed E-state index contributed by atoms with van der Waals surface area (Å²) in [6.07, 6.45) is 4.58. The highest BCUT2D eigenvalue weighted by atomic mass is 79.9. The summed E-state index contributed by atoms with van der Waals surface area (Å²) >= 11 is 3.35. The topological polar surface area (TPSA) is 71.1 Å². The zero-order valence-corrected chi connectivity index (χ0v) is 15.1. The average molecular weight is 390 g/mol. The van der Waals surface area contributed by atoms with Crippen molar-refractivity contribution in [3.05, 3.63) is 58.3 Å². The van der Waals surface area contributed by atoms with Gasteiger partial charge in [-0.05, 0) is 42.8 Å². The lowest BCUT2D eigenvalue weighted by Crippen LogP contribution is -2.25. The molecule has 2 rings (SSSR count). The molecule has 0 saturated heterocycles. The maximum absolute atomic E-state index is 12.3. The first-order valence-electron chi connectivity index (χ1n) is 7.91. The third-order valence-corrected chi connectivity index (χ3v) is 3.95. The average Bonchev–Trinajstić information content (AvgIpc) is 2.60. The molecule has 0 spiro atoms. The Morgan fingerprint density at radius 3 is 2.54 bits per heavy atom. The van der Waals surface area contributed by atoms with Crippen molar-refractivity contribution in [1.82, 2.24) is 10.3 Å². The van der Waals surface area contributed by atoms with Gasteiger partial charge in [0.25, 0.3) is 11.8 Å². The van der Waals surface area contributed by atoms with Crippen LogP contribution in [0.5, 0.6) is 0 Å². The number of pyridine rings is 1. The smallest absolute Gasteiger partial charge is 0.269 e. The van der Waals surface area contributed by atoms with E-state index in [2.05, 4.69) is 38.5 Å². The van der Waals surface area contributed by atoms with E-state index in [1.165, 1.54) is 12.3 Å². The number of rotatable bonds is 7. The van der Waals surface area contributed by atoms with Gasteiger partial charge in [0.2, 0.25) is 0 Å². The van der Waals surface area contributed by atoms with Crippen LogP contribution in [0.15, 0.2) is 47.1 Å². The second-order valence-corrected chi connectivity index (χ2v) is 6.27. The minimum Gasteiger partial charge on any atom is -0.351 e. The van der Waals surface area contributed by atoms with Crippen molar-refractivity contribution in [1.29, 1.82) is 0 Å². The van der Waals surface area contributed by atoms with Crippen molar-refractivity contribution in [2.45, 2.75) is 26.2 Å². The van der Waals surface area contributed by atoms with Gasteiger partial charge in [-0.25, -0.2) is 0 Å². The van der Waals surface area contributed by atoms with E-state index in [0.717, 1.165) is 23.7 Å². The van der Waals surface area contributed by atoms with E-state index in [-0.39, 0.29) is 17.5 Å². The Kier molecular flexibility index (Phi) is 6.93. The van der Waals surface area contributed by atoms with Crippen LogP contribution in [0.3, 0.4) is 0 Å². The number of carbonyl (C=O) groups is 2. The quantitative estimate of drug-likeness (QED) is 0.702. The van der Waals surface area contributed by atoms with Gasteiger partial charge in [-0.1, -0.05) is 35.7 Å². The van der Waals surface area contributed by atoms with Gasteiger partial charge in [0, 0.05) is 28.5 Å². The Balaban J connectivity index is 1.99. The molecule has 6 heteroatoms. The minimum atomic E-state index is -0.278. The van der Waals surface area contributed by atoms with Crippen molar-refractivity contribution in [2.75, 3.05) is 11.9 Å². The molecule has 5 nitrogen and oxygen atoms in total. The van der Waals surface area contributed by atoms with Gasteiger partial charge in [0.15, 0.2) is 0 Å². The largest absolute Gasteiger partial charge is 0.351 e. The number of hydrogen-bond donors (Lipinski definition) is 2. The molecule has 24 heavy (non-hydrogen) atoms. The molecule has 0 radical (unpaired) electrons. The second-order valence-electron chi connectivity index (χ2n) is 5.35. The molecule has 0 atom stereocenters. The molecule has 2 amide bonds. The number of unbranched alkanes of at least 4 members (excludes halogenated alkanes) is 2. The third kappa shape index (κ3) is 5.45. The number of amides is 2. The van der Waals surface area contributed by atoms with Gasteiger partial charge in [0.05, 0.1) is 0 Å². The van der Waals surface area contributed by atoms with Crippen LogP contribution in [0.4, 0.5) is 5.69 Å². The number of anilines is 1. The lowest BCUT2D eigenvalue weighted by Gasteiger charge is -2.07. The van der Waals surface area contributed by atoms with Crippen LogP contribution in [-0.4, -0.2) is 23.3 Å².